The first-order valence-corrected chi connectivity index (χ1v) is 9.81. The summed E-state index contributed by atoms with van der Waals surface area (Å²) in [5.74, 6) is -5.10. The number of benzene rings is 2. The number of hydrogen-bond donors (Lipinski definition) is 0. The molecule has 0 spiro atoms. The van der Waals surface area contributed by atoms with Crippen LogP contribution >= 0.6 is 0 Å². The molecule has 29 heavy (non-hydrogen) atoms. The highest BCUT2D eigenvalue weighted by atomic mass is 19.3. The molecule has 0 amide bonds. The highest BCUT2D eigenvalue weighted by Gasteiger charge is 2.27. The Labute approximate surface area is 166 Å². The fourth-order valence-electron chi connectivity index (χ4n) is 4.12. The third-order valence-electron chi connectivity index (χ3n) is 5.66. The predicted octanol–water partition coefficient (Wildman–Crippen LogP) is 7.92. The summed E-state index contributed by atoms with van der Waals surface area (Å²) in [5, 5.41) is 0. The van der Waals surface area contributed by atoms with E-state index in [-0.39, 0.29) is 34.1 Å². The number of hydrogen-bond acceptors (Lipinski definition) is 0. The Balaban J connectivity index is 1.88. The molecule has 1 saturated carbocycles. The Hall–Kier alpha value is -2.24. The van der Waals surface area contributed by atoms with Crippen LogP contribution in [0.25, 0.3) is 11.1 Å². The third kappa shape index (κ3) is 4.51. The molecule has 3 rings (SSSR count). The lowest BCUT2D eigenvalue weighted by molar-refractivity contribution is 0.344. The van der Waals surface area contributed by atoms with Crippen molar-refractivity contribution in [2.24, 2.45) is 5.92 Å². The number of allylic oxidation sites excluding steroid dienone is 1. The first kappa shape index (κ1) is 21.5. The molecule has 0 atom stereocenters. The van der Waals surface area contributed by atoms with Crippen LogP contribution in [0, 0.1) is 29.2 Å². The van der Waals surface area contributed by atoms with Crippen LogP contribution in [0.4, 0.5) is 26.3 Å². The predicted molar refractivity (Wildman–Crippen MR) is 101 cm³/mol. The van der Waals surface area contributed by atoms with Crippen molar-refractivity contribution in [1.82, 2.24) is 0 Å². The minimum atomic E-state index is -1.73. The molecule has 0 heterocycles. The number of aryl methyl sites for hydroxylation is 1. The molecule has 0 unspecified atom stereocenters. The van der Waals surface area contributed by atoms with Crippen LogP contribution in [0.15, 0.2) is 36.4 Å². The Morgan fingerprint density at radius 2 is 1.41 bits per heavy atom. The normalized spacial score (nSPS) is 19.3. The Kier molecular flexibility index (Phi) is 6.70. The minimum absolute atomic E-state index is 0.151. The quantitative estimate of drug-likeness (QED) is 0.438. The van der Waals surface area contributed by atoms with Crippen LogP contribution in [0.3, 0.4) is 0 Å². The van der Waals surface area contributed by atoms with Crippen molar-refractivity contribution in [1.29, 1.82) is 0 Å². The summed E-state index contributed by atoms with van der Waals surface area (Å²) >= 11 is 0. The summed E-state index contributed by atoms with van der Waals surface area (Å²) in [4.78, 5) is 0. The molecular formula is C23H22F6. The van der Waals surface area contributed by atoms with Crippen molar-refractivity contribution in [3.63, 3.8) is 0 Å². The SMILES string of the molecule is CCCc1ccc(-c2ccc(C3CCC(C=C(F)F)CC3)c(F)c2F)c(F)c1F. The number of rotatable bonds is 5. The van der Waals surface area contributed by atoms with Crippen molar-refractivity contribution in [2.45, 2.75) is 51.4 Å². The summed E-state index contributed by atoms with van der Waals surface area (Å²) < 4.78 is 82.9. The molecular weight excluding hydrogens is 390 g/mol. The van der Waals surface area contributed by atoms with Crippen molar-refractivity contribution in [3.05, 3.63) is 70.8 Å². The molecule has 0 bridgehead atoms. The fraction of sp³-hybridized carbons (Fsp3) is 0.391. The summed E-state index contributed by atoms with van der Waals surface area (Å²) in [7, 11) is 0. The van der Waals surface area contributed by atoms with E-state index in [9.17, 15) is 26.3 Å². The van der Waals surface area contributed by atoms with Crippen LogP contribution < -0.4 is 0 Å². The average Bonchev–Trinajstić information content (AvgIpc) is 2.69. The van der Waals surface area contributed by atoms with Crippen LogP contribution in [0.2, 0.25) is 0 Å². The number of halogens is 6. The van der Waals surface area contributed by atoms with Crippen LogP contribution in [-0.4, -0.2) is 0 Å². The molecule has 0 aromatic heterocycles. The molecule has 1 aliphatic rings. The van der Waals surface area contributed by atoms with Gasteiger partial charge in [0.2, 0.25) is 0 Å². The van der Waals surface area contributed by atoms with E-state index >= 15 is 0 Å². The van der Waals surface area contributed by atoms with E-state index < -0.39 is 29.3 Å². The monoisotopic (exact) mass is 412 g/mol. The standard InChI is InChI=1S/C23H22F6/c1-2-3-15-8-9-17(22(28)20(15)26)18-11-10-16(21(27)23(18)29)14-6-4-13(5-7-14)12-19(24)25/h8-14H,2-7H2,1H3. The van der Waals surface area contributed by atoms with Gasteiger partial charge >= 0.3 is 0 Å². The van der Waals surface area contributed by atoms with Crippen molar-refractivity contribution >= 4 is 0 Å². The molecule has 0 radical (unpaired) electrons. The Morgan fingerprint density at radius 3 is 2.00 bits per heavy atom. The summed E-state index contributed by atoms with van der Waals surface area (Å²) in [6.45, 7) is 1.83. The lowest BCUT2D eigenvalue weighted by atomic mass is 9.78. The van der Waals surface area contributed by atoms with Gasteiger partial charge in [0.05, 0.1) is 0 Å². The minimum Gasteiger partial charge on any atom is -0.203 e. The van der Waals surface area contributed by atoms with Crippen LogP contribution in [0.5, 0.6) is 0 Å². The Bertz CT molecular complexity index is 906. The van der Waals surface area contributed by atoms with E-state index in [2.05, 4.69) is 0 Å². The molecule has 0 nitrogen and oxygen atoms in total. The summed E-state index contributed by atoms with van der Waals surface area (Å²) in [6, 6.07) is 5.31. The molecule has 6 heteroatoms. The van der Waals surface area contributed by atoms with E-state index in [4.69, 9.17) is 0 Å². The van der Waals surface area contributed by atoms with E-state index in [1.807, 2.05) is 6.92 Å². The molecule has 0 N–H and O–H groups in total. The summed E-state index contributed by atoms with van der Waals surface area (Å²) in [5.41, 5.74) is -0.306. The largest absolute Gasteiger partial charge is 0.266 e. The molecule has 0 saturated heterocycles. The van der Waals surface area contributed by atoms with Crippen LogP contribution in [-0.2, 0) is 6.42 Å². The molecule has 1 aliphatic carbocycles. The highest BCUT2D eigenvalue weighted by molar-refractivity contribution is 5.66. The van der Waals surface area contributed by atoms with E-state index in [0.29, 0.717) is 38.5 Å². The van der Waals surface area contributed by atoms with Gasteiger partial charge in [-0.1, -0.05) is 37.6 Å². The van der Waals surface area contributed by atoms with E-state index in [0.717, 1.165) is 6.08 Å². The third-order valence-corrected chi connectivity index (χ3v) is 5.66. The first-order valence-electron chi connectivity index (χ1n) is 9.81. The van der Waals surface area contributed by atoms with Gasteiger partial charge in [0.1, 0.15) is 0 Å². The van der Waals surface area contributed by atoms with Gasteiger partial charge in [-0.3, -0.25) is 0 Å². The van der Waals surface area contributed by atoms with Crippen LogP contribution in [0.1, 0.15) is 56.1 Å². The van der Waals surface area contributed by atoms with E-state index in [1.54, 1.807) is 0 Å². The topological polar surface area (TPSA) is 0 Å². The van der Waals surface area contributed by atoms with E-state index in [1.165, 1.54) is 24.3 Å². The second kappa shape index (κ2) is 9.06. The maximum Gasteiger partial charge on any atom is 0.266 e. The van der Waals surface area contributed by atoms with Gasteiger partial charge < -0.3 is 0 Å². The molecule has 2 aromatic rings. The second-order valence-corrected chi connectivity index (χ2v) is 7.55. The molecule has 0 aliphatic heterocycles. The highest BCUT2D eigenvalue weighted by Crippen LogP contribution is 2.40. The van der Waals surface area contributed by atoms with Gasteiger partial charge in [0.25, 0.3) is 6.08 Å². The van der Waals surface area contributed by atoms with Gasteiger partial charge in [-0.05, 0) is 61.1 Å². The van der Waals surface area contributed by atoms with Gasteiger partial charge in [0.15, 0.2) is 23.3 Å². The van der Waals surface area contributed by atoms with Gasteiger partial charge in [0, 0.05) is 11.1 Å². The first-order chi connectivity index (χ1) is 13.8. The zero-order valence-electron chi connectivity index (χ0n) is 16.1. The van der Waals surface area contributed by atoms with Crippen molar-refractivity contribution < 1.29 is 26.3 Å². The average molecular weight is 412 g/mol. The van der Waals surface area contributed by atoms with Crippen molar-refractivity contribution in [2.75, 3.05) is 0 Å². The zero-order chi connectivity index (χ0) is 21.1. The maximum absolute atomic E-state index is 14.7. The molecule has 2 aromatic carbocycles. The summed E-state index contributed by atoms with van der Waals surface area (Å²) in [6.07, 6.45) is 2.00. The van der Waals surface area contributed by atoms with Gasteiger partial charge in [-0.25, -0.2) is 17.6 Å². The van der Waals surface area contributed by atoms with Gasteiger partial charge in [-0.2, -0.15) is 8.78 Å². The molecule has 1 fully saturated rings. The Morgan fingerprint density at radius 1 is 0.828 bits per heavy atom. The lowest BCUT2D eigenvalue weighted by Crippen LogP contribution is -2.14. The fourth-order valence-corrected chi connectivity index (χ4v) is 4.12. The maximum atomic E-state index is 14.7. The molecule has 156 valence electrons. The lowest BCUT2D eigenvalue weighted by Gasteiger charge is -2.27. The smallest absolute Gasteiger partial charge is 0.203 e. The van der Waals surface area contributed by atoms with Crippen molar-refractivity contribution in [3.8, 4) is 11.1 Å². The van der Waals surface area contributed by atoms with Gasteiger partial charge in [-0.15, -0.1) is 0 Å². The zero-order valence-corrected chi connectivity index (χ0v) is 16.1. The second-order valence-electron chi connectivity index (χ2n) is 7.55.